The fraction of sp³-hybridized carbons (Fsp3) is 0.571. The Morgan fingerprint density at radius 1 is 1.40 bits per heavy atom. The van der Waals surface area contributed by atoms with E-state index in [1.54, 1.807) is 13.0 Å². The third kappa shape index (κ3) is 6.06. The summed E-state index contributed by atoms with van der Waals surface area (Å²) >= 11 is 1.39. The van der Waals surface area contributed by atoms with Crippen molar-refractivity contribution in [1.82, 2.24) is 10.6 Å². The van der Waals surface area contributed by atoms with E-state index in [0.717, 1.165) is 6.42 Å². The Kier molecular flexibility index (Phi) is 7.08. The van der Waals surface area contributed by atoms with E-state index in [-0.39, 0.29) is 11.9 Å². The van der Waals surface area contributed by atoms with E-state index in [4.69, 9.17) is 4.74 Å². The second kappa shape index (κ2) is 8.58. The molecule has 1 aromatic heterocycles. The molecule has 0 aliphatic carbocycles. The van der Waals surface area contributed by atoms with Gasteiger partial charge in [-0.2, -0.15) is 0 Å². The summed E-state index contributed by atoms with van der Waals surface area (Å²) in [5, 5.41) is 7.48. The van der Waals surface area contributed by atoms with Gasteiger partial charge in [-0.25, -0.2) is 4.79 Å². The molecule has 1 atom stereocenters. The third-order valence-corrected chi connectivity index (χ3v) is 3.48. The van der Waals surface area contributed by atoms with Crippen molar-refractivity contribution in [3.05, 3.63) is 22.4 Å². The summed E-state index contributed by atoms with van der Waals surface area (Å²) in [6.07, 6.45) is 0.340. The summed E-state index contributed by atoms with van der Waals surface area (Å²) < 4.78 is 4.87. The number of hydrogen-bond donors (Lipinski definition) is 2. The quantitative estimate of drug-likeness (QED) is 0.813. The first kappa shape index (κ1) is 16.5. The van der Waals surface area contributed by atoms with Crippen LogP contribution in [0.1, 0.15) is 36.9 Å². The van der Waals surface area contributed by atoms with Crippen molar-refractivity contribution < 1.29 is 14.3 Å². The van der Waals surface area contributed by atoms with Gasteiger partial charge < -0.3 is 15.4 Å². The van der Waals surface area contributed by atoms with E-state index < -0.39 is 6.09 Å². The van der Waals surface area contributed by atoms with Crippen LogP contribution >= 0.6 is 11.3 Å². The Hall–Kier alpha value is -1.56. The number of rotatable bonds is 7. The van der Waals surface area contributed by atoms with Gasteiger partial charge in [0, 0.05) is 12.6 Å². The van der Waals surface area contributed by atoms with E-state index in [2.05, 4.69) is 24.5 Å². The molecule has 2 N–H and O–H groups in total. The summed E-state index contributed by atoms with van der Waals surface area (Å²) in [6, 6.07) is 3.48. The molecule has 2 amide bonds. The van der Waals surface area contributed by atoms with Gasteiger partial charge in [-0.1, -0.05) is 19.9 Å². The van der Waals surface area contributed by atoms with Crippen LogP contribution in [0.2, 0.25) is 0 Å². The highest BCUT2D eigenvalue weighted by molar-refractivity contribution is 7.12. The van der Waals surface area contributed by atoms with Gasteiger partial charge >= 0.3 is 6.09 Å². The van der Waals surface area contributed by atoms with Crippen molar-refractivity contribution in [2.45, 2.75) is 33.2 Å². The summed E-state index contributed by atoms with van der Waals surface area (Å²) in [5.41, 5.74) is 0. The predicted octanol–water partition coefficient (Wildman–Crippen LogP) is 2.64. The van der Waals surface area contributed by atoms with Gasteiger partial charge in [0.05, 0.1) is 11.5 Å². The number of hydrogen-bond acceptors (Lipinski definition) is 4. The van der Waals surface area contributed by atoms with Gasteiger partial charge in [-0.3, -0.25) is 4.79 Å². The van der Waals surface area contributed by atoms with Crippen LogP contribution in [0.3, 0.4) is 0 Å². The summed E-state index contributed by atoms with van der Waals surface area (Å²) in [5.74, 6) is 0.306. The van der Waals surface area contributed by atoms with Crippen LogP contribution < -0.4 is 10.6 Å². The van der Waals surface area contributed by atoms with Gasteiger partial charge in [-0.15, -0.1) is 11.3 Å². The van der Waals surface area contributed by atoms with E-state index in [1.165, 1.54) is 11.3 Å². The maximum Gasteiger partial charge on any atom is 0.407 e. The molecular formula is C14H22N2O3S. The largest absolute Gasteiger partial charge is 0.450 e. The lowest BCUT2D eigenvalue weighted by atomic mass is 10.0. The minimum atomic E-state index is -0.441. The van der Waals surface area contributed by atoms with Crippen molar-refractivity contribution >= 4 is 23.3 Å². The molecule has 0 saturated carbocycles. The molecule has 0 radical (unpaired) electrons. The number of thiophene rings is 1. The second-order valence-corrected chi connectivity index (χ2v) is 5.83. The van der Waals surface area contributed by atoms with Gasteiger partial charge in [0.1, 0.15) is 0 Å². The molecule has 0 unspecified atom stereocenters. The fourth-order valence-corrected chi connectivity index (χ4v) is 2.45. The van der Waals surface area contributed by atoms with E-state index in [1.807, 2.05) is 11.4 Å². The standard InChI is InChI=1S/C14H22N2O3S/c1-4-19-14(18)16-11(8-10(2)3)9-15-13(17)12-6-5-7-20-12/h5-7,10-11H,4,8-9H2,1-3H3,(H,15,17)(H,16,18)/t11-/m0/s1. The van der Waals surface area contributed by atoms with Gasteiger partial charge in [0.15, 0.2) is 0 Å². The predicted molar refractivity (Wildman–Crippen MR) is 80.1 cm³/mol. The summed E-state index contributed by atoms with van der Waals surface area (Å²) in [4.78, 5) is 24.0. The summed E-state index contributed by atoms with van der Waals surface area (Å²) in [6.45, 7) is 6.63. The van der Waals surface area contributed by atoms with E-state index >= 15 is 0 Å². The molecule has 1 heterocycles. The Balaban J connectivity index is 2.47. The lowest BCUT2D eigenvalue weighted by molar-refractivity contribution is 0.0948. The normalized spacial score (nSPS) is 12.0. The highest BCUT2D eigenvalue weighted by atomic mass is 32.1. The third-order valence-electron chi connectivity index (χ3n) is 2.61. The van der Waals surface area contributed by atoms with Crippen LogP contribution in [0.5, 0.6) is 0 Å². The molecule has 6 heteroatoms. The molecule has 0 spiro atoms. The van der Waals surface area contributed by atoms with Gasteiger partial charge in [0.25, 0.3) is 5.91 Å². The minimum Gasteiger partial charge on any atom is -0.450 e. The first-order chi connectivity index (χ1) is 9.52. The van der Waals surface area contributed by atoms with Crippen molar-refractivity contribution in [2.24, 2.45) is 5.92 Å². The zero-order valence-electron chi connectivity index (χ0n) is 12.1. The Morgan fingerprint density at radius 3 is 2.70 bits per heavy atom. The first-order valence-corrected chi connectivity index (χ1v) is 7.65. The number of carbonyl (C=O) groups excluding carboxylic acids is 2. The number of amides is 2. The molecule has 0 fully saturated rings. The SMILES string of the molecule is CCOC(=O)N[C@H](CNC(=O)c1cccs1)CC(C)C. The molecule has 0 saturated heterocycles. The second-order valence-electron chi connectivity index (χ2n) is 4.88. The molecule has 20 heavy (non-hydrogen) atoms. The van der Waals surface area contributed by atoms with Gasteiger partial charge in [0.2, 0.25) is 0 Å². The topological polar surface area (TPSA) is 67.4 Å². The zero-order chi connectivity index (χ0) is 15.0. The molecular weight excluding hydrogens is 276 g/mol. The van der Waals surface area contributed by atoms with E-state index in [9.17, 15) is 9.59 Å². The number of alkyl carbamates (subject to hydrolysis) is 1. The van der Waals surface area contributed by atoms with Crippen molar-refractivity contribution in [3.63, 3.8) is 0 Å². The average molecular weight is 298 g/mol. The Labute approximate surface area is 123 Å². The monoisotopic (exact) mass is 298 g/mol. The number of carbonyl (C=O) groups is 2. The van der Waals surface area contributed by atoms with Crippen molar-refractivity contribution in [3.8, 4) is 0 Å². The van der Waals surface area contributed by atoms with Crippen LogP contribution in [-0.2, 0) is 4.74 Å². The van der Waals surface area contributed by atoms with Crippen LogP contribution in [0.15, 0.2) is 17.5 Å². The van der Waals surface area contributed by atoms with Crippen molar-refractivity contribution in [2.75, 3.05) is 13.2 Å². The molecule has 5 nitrogen and oxygen atoms in total. The lowest BCUT2D eigenvalue weighted by Crippen LogP contribution is -2.44. The molecule has 0 bridgehead atoms. The van der Waals surface area contributed by atoms with Crippen LogP contribution in [-0.4, -0.2) is 31.2 Å². The lowest BCUT2D eigenvalue weighted by Gasteiger charge is -2.20. The first-order valence-electron chi connectivity index (χ1n) is 6.77. The zero-order valence-corrected chi connectivity index (χ0v) is 13.0. The summed E-state index contributed by atoms with van der Waals surface area (Å²) in [7, 11) is 0. The van der Waals surface area contributed by atoms with Crippen LogP contribution in [0.25, 0.3) is 0 Å². The molecule has 0 aliphatic heterocycles. The molecule has 0 aromatic carbocycles. The Bertz CT molecular complexity index is 418. The van der Waals surface area contributed by atoms with Crippen LogP contribution in [0, 0.1) is 5.92 Å². The highest BCUT2D eigenvalue weighted by Crippen LogP contribution is 2.09. The maximum atomic E-state index is 11.9. The molecule has 0 aliphatic rings. The van der Waals surface area contributed by atoms with Crippen LogP contribution in [0.4, 0.5) is 4.79 Å². The number of ether oxygens (including phenoxy) is 1. The smallest absolute Gasteiger partial charge is 0.407 e. The molecule has 112 valence electrons. The molecule has 1 rings (SSSR count). The average Bonchev–Trinajstić information content (AvgIpc) is 2.89. The van der Waals surface area contributed by atoms with Crippen molar-refractivity contribution in [1.29, 1.82) is 0 Å². The number of nitrogens with one attached hydrogen (secondary N) is 2. The minimum absolute atomic E-state index is 0.112. The van der Waals surface area contributed by atoms with Gasteiger partial charge in [-0.05, 0) is 30.7 Å². The molecule has 1 aromatic rings. The fourth-order valence-electron chi connectivity index (χ4n) is 1.81. The maximum absolute atomic E-state index is 11.9. The van der Waals surface area contributed by atoms with E-state index in [0.29, 0.717) is 23.9 Å². The Morgan fingerprint density at radius 2 is 2.15 bits per heavy atom. The highest BCUT2D eigenvalue weighted by Gasteiger charge is 2.16.